The van der Waals surface area contributed by atoms with E-state index in [9.17, 15) is 4.79 Å². The van der Waals surface area contributed by atoms with Gasteiger partial charge in [0.2, 0.25) is 0 Å². The summed E-state index contributed by atoms with van der Waals surface area (Å²) in [7, 11) is 1.37. The highest BCUT2D eigenvalue weighted by Gasteiger charge is 2.10. The molecule has 0 aliphatic heterocycles. The van der Waals surface area contributed by atoms with Crippen LogP contribution in [0.3, 0.4) is 0 Å². The summed E-state index contributed by atoms with van der Waals surface area (Å²) in [6.45, 7) is 0. The summed E-state index contributed by atoms with van der Waals surface area (Å²) in [5.41, 5.74) is 2.50. The lowest BCUT2D eigenvalue weighted by Crippen LogP contribution is -2.22. The molecule has 0 atom stereocenters. The highest BCUT2D eigenvalue weighted by atomic mass is 32.1. The van der Waals surface area contributed by atoms with Crippen LogP contribution in [0.15, 0.2) is 29.8 Å². The van der Waals surface area contributed by atoms with Gasteiger partial charge in [0.05, 0.1) is 7.11 Å². The number of hydroxylamine groups is 1. The molecule has 2 aromatic rings. The Kier molecular flexibility index (Phi) is 3.63. The maximum absolute atomic E-state index is 11.4. The molecule has 0 saturated heterocycles. The molecular formula is C10H10N4O2S. The van der Waals surface area contributed by atoms with Gasteiger partial charge in [0, 0.05) is 11.6 Å². The topological polar surface area (TPSA) is 76.1 Å². The smallest absolute Gasteiger partial charge is 0.294 e. The Balaban J connectivity index is 2.06. The van der Waals surface area contributed by atoms with Gasteiger partial charge in [-0.3, -0.25) is 9.63 Å². The van der Waals surface area contributed by atoms with Crippen LogP contribution in [0.25, 0.3) is 0 Å². The van der Waals surface area contributed by atoms with Crippen molar-refractivity contribution in [2.75, 3.05) is 12.4 Å². The Morgan fingerprint density at radius 1 is 1.47 bits per heavy atom. The Morgan fingerprint density at radius 3 is 3.06 bits per heavy atom. The molecule has 0 unspecified atom stereocenters. The molecule has 2 aromatic heterocycles. The number of hydrogen-bond donors (Lipinski definition) is 2. The number of nitrogens with zero attached hydrogens (tertiary/aromatic N) is 2. The molecule has 2 N–H and O–H groups in total. The Bertz CT molecular complexity index is 500. The number of amides is 1. The van der Waals surface area contributed by atoms with Gasteiger partial charge < -0.3 is 5.32 Å². The molecule has 2 heterocycles. The highest BCUT2D eigenvalue weighted by Crippen LogP contribution is 2.19. The second-order valence-corrected chi connectivity index (χ2v) is 3.87. The lowest BCUT2D eigenvalue weighted by atomic mass is 10.5. The number of nitrogens with one attached hydrogen (secondary N) is 2. The predicted molar refractivity (Wildman–Crippen MR) is 64.1 cm³/mol. The zero-order valence-corrected chi connectivity index (χ0v) is 9.82. The molecule has 2 rings (SSSR count). The van der Waals surface area contributed by atoms with E-state index in [0.29, 0.717) is 16.6 Å². The van der Waals surface area contributed by atoms with Crippen LogP contribution in [-0.2, 0) is 4.84 Å². The van der Waals surface area contributed by atoms with Gasteiger partial charge in [0.25, 0.3) is 5.91 Å². The van der Waals surface area contributed by atoms with Crippen LogP contribution in [-0.4, -0.2) is 23.0 Å². The van der Waals surface area contributed by atoms with Crippen molar-refractivity contribution in [1.29, 1.82) is 0 Å². The molecule has 17 heavy (non-hydrogen) atoms. The lowest BCUT2D eigenvalue weighted by molar-refractivity contribution is 0.0533. The Labute approximate surface area is 102 Å². The van der Waals surface area contributed by atoms with Gasteiger partial charge in [-0.25, -0.2) is 15.4 Å². The summed E-state index contributed by atoms with van der Waals surface area (Å²) in [4.78, 5) is 24.1. The molecule has 0 aliphatic carbocycles. The molecular weight excluding hydrogens is 240 g/mol. The monoisotopic (exact) mass is 250 g/mol. The normalized spacial score (nSPS) is 9.94. The number of thiazole rings is 1. The van der Waals surface area contributed by atoms with Crippen LogP contribution in [0.1, 0.15) is 10.5 Å². The van der Waals surface area contributed by atoms with Crippen LogP contribution in [0.2, 0.25) is 0 Å². The van der Waals surface area contributed by atoms with Crippen LogP contribution in [0, 0.1) is 0 Å². The zero-order chi connectivity index (χ0) is 12.1. The van der Waals surface area contributed by atoms with Crippen molar-refractivity contribution in [3.05, 3.63) is 35.5 Å². The molecule has 0 bridgehead atoms. The van der Waals surface area contributed by atoms with Gasteiger partial charge in [-0.2, -0.15) is 0 Å². The van der Waals surface area contributed by atoms with E-state index >= 15 is 0 Å². The van der Waals surface area contributed by atoms with Gasteiger partial charge in [0.15, 0.2) is 5.13 Å². The number of anilines is 2. The van der Waals surface area contributed by atoms with Crippen molar-refractivity contribution in [3.8, 4) is 0 Å². The molecule has 0 aliphatic rings. The predicted octanol–water partition coefficient (Wildman–Crippen LogP) is 1.57. The second kappa shape index (κ2) is 5.37. The summed E-state index contributed by atoms with van der Waals surface area (Å²) in [5.74, 6) is 0.304. The van der Waals surface area contributed by atoms with E-state index in [0.717, 1.165) is 0 Å². The average Bonchev–Trinajstić information content (AvgIpc) is 2.79. The van der Waals surface area contributed by atoms with E-state index in [1.54, 1.807) is 11.6 Å². The molecule has 0 aromatic carbocycles. The summed E-state index contributed by atoms with van der Waals surface area (Å²) in [5, 5.41) is 5.24. The third-order valence-corrected chi connectivity index (χ3v) is 2.59. The largest absolute Gasteiger partial charge is 0.316 e. The Morgan fingerprint density at radius 2 is 2.35 bits per heavy atom. The minimum Gasteiger partial charge on any atom is -0.316 e. The molecule has 0 spiro atoms. The van der Waals surface area contributed by atoms with Crippen LogP contribution < -0.4 is 10.8 Å². The molecule has 6 nitrogen and oxygen atoms in total. The van der Waals surface area contributed by atoms with Crippen molar-refractivity contribution in [1.82, 2.24) is 15.4 Å². The maximum atomic E-state index is 11.4. The van der Waals surface area contributed by atoms with Crippen molar-refractivity contribution < 1.29 is 9.63 Å². The minimum absolute atomic E-state index is 0.301. The summed E-state index contributed by atoms with van der Waals surface area (Å²) < 4.78 is 0. The summed E-state index contributed by atoms with van der Waals surface area (Å²) >= 11 is 1.32. The van der Waals surface area contributed by atoms with E-state index in [1.165, 1.54) is 18.4 Å². The number of aromatic nitrogens is 2. The lowest BCUT2D eigenvalue weighted by Gasteiger charge is -1.99. The molecule has 88 valence electrons. The van der Waals surface area contributed by atoms with Gasteiger partial charge in [-0.05, 0) is 12.1 Å². The van der Waals surface area contributed by atoms with Gasteiger partial charge in [-0.15, -0.1) is 11.3 Å². The van der Waals surface area contributed by atoms with Gasteiger partial charge in [-0.1, -0.05) is 6.07 Å². The molecule has 0 radical (unpaired) electrons. The van der Waals surface area contributed by atoms with Gasteiger partial charge in [0.1, 0.15) is 11.5 Å². The molecule has 1 amide bonds. The van der Waals surface area contributed by atoms with Gasteiger partial charge >= 0.3 is 0 Å². The average molecular weight is 250 g/mol. The van der Waals surface area contributed by atoms with E-state index in [1.807, 2.05) is 18.2 Å². The van der Waals surface area contributed by atoms with E-state index < -0.39 is 0 Å². The third-order valence-electron chi connectivity index (χ3n) is 1.83. The van der Waals surface area contributed by atoms with E-state index in [2.05, 4.69) is 25.6 Å². The number of carbonyl (C=O) groups is 1. The van der Waals surface area contributed by atoms with Crippen molar-refractivity contribution >= 4 is 28.2 Å². The third kappa shape index (κ3) is 2.99. The molecule has 0 saturated carbocycles. The molecule has 7 heteroatoms. The first-order chi connectivity index (χ1) is 8.29. The first-order valence-electron chi connectivity index (χ1n) is 4.76. The number of hydrogen-bond acceptors (Lipinski definition) is 6. The summed E-state index contributed by atoms with van der Waals surface area (Å²) in [6.07, 6.45) is 1.68. The zero-order valence-electron chi connectivity index (χ0n) is 9.01. The fourth-order valence-electron chi connectivity index (χ4n) is 1.13. The first-order valence-corrected chi connectivity index (χ1v) is 5.64. The number of pyridine rings is 1. The fourth-order valence-corrected chi connectivity index (χ4v) is 1.82. The van der Waals surface area contributed by atoms with Crippen molar-refractivity contribution in [2.24, 2.45) is 0 Å². The Hall–Kier alpha value is -1.99. The van der Waals surface area contributed by atoms with Crippen LogP contribution >= 0.6 is 11.3 Å². The van der Waals surface area contributed by atoms with Crippen LogP contribution in [0.5, 0.6) is 0 Å². The number of rotatable bonds is 4. The number of carbonyl (C=O) groups excluding carboxylic acids is 1. The first kappa shape index (κ1) is 11.5. The van der Waals surface area contributed by atoms with Crippen molar-refractivity contribution in [3.63, 3.8) is 0 Å². The fraction of sp³-hybridized carbons (Fsp3) is 0.100. The molecule has 0 fully saturated rings. The maximum Gasteiger partial charge on any atom is 0.294 e. The summed E-state index contributed by atoms with van der Waals surface area (Å²) in [6, 6.07) is 5.50. The van der Waals surface area contributed by atoms with E-state index in [-0.39, 0.29) is 5.91 Å². The van der Waals surface area contributed by atoms with E-state index in [4.69, 9.17) is 0 Å². The van der Waals surface area contributed by atoms with Crippen LogP contribution in [0.4, 0.5) is 10.9 Å². The minimum atomic E-state index is -0.377. The standard InChI is InChI=1S/C10H10N4O2S/c1-16-14-9(15)7-6-17-10(12-7)13-8-4-2-3-5-11-8/h2-6H,1H3,(H,14,15)(H,11,12,13). The quantitative estimate of drug-likeness (QED) is 0.805. The second-order valence-electron chi connectivity index (χ2n) is 3.01. The SMILES string of the molecule is CONC(=O)c1csc(Nc2ccccn2)n1. The van der Waals surface area contributed by atoms with Crippen molar-refractivity contribution in [2.45, 2.75) is 0 Å². The highest BCUT2D eigenvalue weighted by molar-refractivity contribution is 7.14.